The normalized spacial score (nSPS) is 11.5. The first-order valence-corrected chi connectivity index (χ1v) is 4.65. The van der Waals surface area contributed by atoms with Crippen LogP contribution in [0.5, 0.6) is 0 Å². The average Bonchev–Trinajstić information content (AvgIpc) is 1.96. The Morgan fingerprint density at radius 3 is 2.29 bits per heavy atom. The highest BCUT2D eigenvalue weighted by Gasteiger charge is 2.11. The first-order valence-electron chi connectivity index (χ1n) is 4.65. The topological polar surface area (TPSA) is 57.8 Å². The van der Waals surface area contributed by atoms with Gasteiger partial charge >= 0.3 is 0 Å². The van der Waals surface area contributed by atoms with E-state index in [1.165, 1.54) is 0 Å². The van der Waals surface area contributed by atoms with Crippen molar-refractivity contribution in [3.05, 3.63) is 21.6 Å². The minimum absolute atomic E-state index is 0.0794. The Hall–Kier alpha value is -1.32. The fourth-order valence-electron chi connectivity index (χ4n) is 1.06. The molecule has 1 aromatic rings. The fraction of sp³-hybridized carbons (Fsp3) is 0.600. The van der Waals surface area contributed by atoms with Gasteiger partial charge in [0.2, 0.25) is 5.95 Å². The number of H-pyrrole nitrogens is 1. The van der Waals surface area contributed by atoms with Crippen LogP contribution in [0.1, 0.15) is 32.0 Å². The van der Waals surface area contributed by atoms with Gasteiger partial charge in [0.1, 0.15) is 0 Å². The second-order valence-electron chi connectivity index (χ2n) is 4.50. The molecule has 14 heavy (non-hydrogen) atoms. The molecule has 1 heterocycles. The van der Waals surface area contributed by atoms with E-state index in [-0.39, 0.29) is 11.1 Å². The molecule has 4 heteroatoms. The quantitative estimate of drug-likeness (QED) is 0.715. The van der Waals surface area contributed by atoms with E-state index in [2.05, 4.69) is 15.3 Å². The Morgan fingerprint density at radius 2 is 1.86 bits per heavy atom. The van der Waals surface area contributed by atoms with Gasteiger partial charge in [-0.2, -0.15) is 0 Å². The third-order valence-electron chi connectivity index (χ3n) is 1.89. The van der Waals surface area contributed by atoms with Crippen LogP contribution in [-0.4, -0.2) is 15.5 Å². The highest BCUT2D eigenvalue weighted by molar-refractivity contribution is 5.30. The molecular formula is C10H17N3O. The maximum Gasteiger partial charge on any atom is 0.255 e. The van der Waals surface area contributed by atoms with Gasteiger partial charge in [0, 0.05) is 16.8 Å². The van der Waals surface area contributed by atoms with E-state index in [9.17, 15) is 4.79 Å². The van der Waals surface area contributed by atoms with Crippen molar-refractivity contribution in [3.63, 3.8) is 0 Å². The summed E-state index contributed by atoms with van der Waals surface area (Å²) in [6.45, 7) is 9.65. The molecule has 0 aromatic carbocycles. The first kappa shape index (κ1) is 10.8. The number of aromatic nitrogens is 2. The third-order valence-corrected chi connectivity index (χ3v) is 1.89. The van der Waals surface area contributed by atoms with E-state index in [1.807, 2.05) is 27.7 Å². The van der Waals surface area contributed by atoms with Crippen LogP contribution in [0.25, 0.3) is 0 Å². The molecule has 0 aliphatic carbocycles. The first-order chi connectivity index (χ1) is 6.29. The highest BCUT2D eigenvalue weighted by atomic mass is 16.1. The maximum absolute atomic E-state index is 11.4. The van der Waals surface area contributed by atoms with Crippen LogP contribution in [0.2, 0.25) is 0 Å². The highest BCUT2D eigenvalue weighted by Crippen LogP contribution is 2.09. The largest absolute Gasteiger partial charge is 0.351 e. The monoisotopic (exact) mass is 195 g/mol. The molecule has 0 saturated heterocycles. The average molecular weight is 195 g/mol. The Balaban J connectivity index is 3.08. The third kappa shape index (κ3) is 2.58. The van der Waals surface area contributed by atoms with E-state index < -0.39 is 0 Å². The summed E-state index contributed by atoms with van der Waals surface area (Å²) in [5.74, 6) is 0.533. The van der Waals surface area contributed by atoms with Crippen LogP contribution >= 0.6 is 0 Å². The lowest BCUT2D eigenvalue weighted by molar-refractivity contribution is 0.624. The number of aromatic amines is 1. The van der Waals surface area contributed by atoms with Gasteiger partial charge in [-0.1, -0.05) is 0 Å². The van der Waals surface area contributed by atoms with Gasteiger partial charge in [0.25, 0.3) is 5.56 Å². The van der Waals surface area contributed by atoms with Gasteiger partial charge in [-0.05, 0) is 34.6 Å². The van der Waals surface area contributed by atoms with Crippen molar-refractivity contribution in [2.45, 2.75) is 40.2 Å². The molecule has 0 amide bonds. The molecule has 0 fully saturated rings. The molecule has 0 spiro atoms. The second-order valence-corrected chi connectivity index (χ2v) is 4.50. The fourth-order valence-corrected chi connectivity index (χ4v) is 1.06. The predicted molar refractivity (Wildman–Crippen MR) is 57.7 cm³/mol. The van der Waals surface area contributed by atoms with Gasteiger partial charge in [-0.15, -0.1) is 0 Å². The second kappa shape index (κ2) is 3.44. The molecule has 2 N–H and O–H groups in total. The lowest BCUT2D eigenvalue weighted by Gasteiger charge is -2.21. The molecule has 0 radical (unpaired) electrons. The van der Waals surface area contributed by atoms with Crippen molar-refractivity contribution >= 4 is 5.95 Å². The number of hydrogen-bond donors (Lipinski definition) is 2. The van der Waals surface area contributed by atoms with Gasteiger partial charge in [-0.25, -0.2) is 4.98 Å². The molecule has 0 saturated carbocycles. The number of hydrogen-bond acceptors (Lipinski definition) is 3. The number of rotatable bonds is 1. The molecule has 0 aliphatic heterocycles. The van der Waals surface area contributed by atoms with Gasteiger partial charge in [-0.3, -0.25) is 9.78 Å². The van der Waals surface area contributed by atoms with Crippen molar-refractivity contribution in [2.24, 2.45) is 0 Å². The van der Waals surface area contributed by atoms with Crippen molar-refractivity contribution in [1.29, 1.82) is 0 Å². The predicted octanol–water partition coefficient (Wildman–Crippen LogP) is 1.60. The molecule has 78 valence electrons. The van der Waals surface area contributed by atoms with E-state index in [4.69, 9.17) is 0 Å². The van der Waals surface area contributed by atoms with Gasteiger partial charge in [0.05, 0.1) is 0 Å². The van der Waals surface area contributed by atoms with Crippen LogP contribution < -0.4 is 10.9 Å². The SMILES string of the molecule is Cc1nc(NC(C)(C)C)[nH]c(=O)c1C. The lowest BCUT2D eigenvalue weighted by atomic mass is 10.1. The molecule has 1 rings (SSSR count). The van der Waals surface area contributed by atoms with Crippen LogP contribution in [0.4, 0.5) is 5.95 Å². The Morgan fingerprint density at radius 1 is 1.29 bits per heavy atom. The summed E-state index contributed by atoms with van der Waals surface area (Å²) in [5.41, 5.74) is 1.26. The Bertz CT molecular complexity index is 387. The van der Waals surface area contributed by atoms with Crippen molar-refractivity contribution in [2.75, 3.05) is 5.32 Å². The van der Waals surface area contributed by atoms with Crippen LogP contribution in [-0.2, 0) is 0 Å². The van der Waals surface area contributed by atoms with Crippen LogP contribution in [0.15, 0.2) is 4.79 Å². The zero-order valence-corrected chi connectivity index (χ0v) is 9.36. The maximum atomic E-state index is 11.4. The summed E-state index contributed by atoms with van der Waals surface area (Å²) in [4.78, 5) is 18.4. The van der Waals surface area contributed by atoms with Crippen LogP contribution in [0, 0.1) is 13.8 Å². The summed E-state index contributed by atoms with van der Waals surface area (Å²) in [6, 6.07) is 0. The number of aryl methyl sites for hydroxylation is 1. The van der Waals surface area contributed by atoms with Gasteiger partial charge < -0.3 is 5.32 Å². The van der Waals surface area contributed by atoms with Crippen molar-refractivity contribution in [3.8, 4) is 0 Å². The molecule has 0 bridgehead atoms. The van der Waals surface area contributed by atoms with Crippen molar-refractivity contribution in [1.82, 2.24) is 9.97 Å². The van der Waals surface area contributed by atoms with E-state index in [0.717, 1.165) is 5.69 Å². The molecule has 0 aliphatic rings. The van der Waals surface area contributed by atoms with E-state index >= 15 is 0 Å². The Kier molecular flexibility index (Phi) is 2.64. The molecular weight excluding hydrogens is 178 g/mol. The minimum Gasteiger partial charge on any atom is -0.351 e. The smallest absolute Gasteiger partial charge is 0.255 e. The van der Waals surface area contributed by atoms with Gasteiger partial charge in [0.15, 0.2) is 0 Å². The van der Waals surface area contributed by atoms with E-state index in [0.29, 0.717) is 11.5 Å². The molecule has 1 aromatic heterocycles. The number of nitrogens with one attached hydrogen (secondary N) is 2. The lowest BCUT2D eigenvalue weighted by Crippen LogP contribution is -2.29. The summed E-state index contributed by atoms with van der Waals surface area (Å²) in [5, 5.41) is 3.12. The zero-order chi connectivity index (χ0) is 10.9. The summed E-state index contributed by atoms with van der Waals surface area (Å²) >= 11 is 0. The standard InChI is InChI=1S/C10H17N3O/c1-6-7(2)11-9(12-8(6)14)13-10(3,4)5/h1-5H3,(H2,11,12,13,14). The zero-order valence-electron chi connectivity index (χ0n) is 9.36. The summed E-state index contributed by atoms with van der Waals surface area (Å²) in [7, 11) is 0. The Labute approximate surface area is 83.8 Å². The van der Waals surface area contributed by atoms with Crippen LogP contribution in [0.3, 0.4) is 0 Å². The minimum atomic E-state index is -0.0996. The molecule has 0 unspecified atom stereocenters. The number of anilines is 1. The summed E-state index contributed by atoms with van der Waals surface area (Å²) < 4.78 is 0. The summed E-state index contributed by atoms with van der Waals surface area (Å²) in [6.07, 6.45) is 0. The van der Waals surface area contributed by atoms with Crippen molar-refractivity contribution < 1.29 is 0 Å². The van der Waals surface area contributed by atoms with E-state index in [1.54, 1.807) is 6.92 Å². The molecule has 0 atom stereocenters. The number of nitrogens with zero attached hydrogens (tertiary/aromatic N) is 1. The molecule has 4 nitrogen and oxygen atoms in total.